The van der Waals surface area contributed by atoms with Crippen molar-refractivity contribution >= 4 is 11.8 Å². The van der Waals surface area contributed by atoms with E-state index in [0.29, 0.717) is 11.3 Å². The molecule has 2 atom stereocenters. The second-order valence-electron chi connectivity index (χ2n) is 10.7. The maximum atomic E-state index is 14.6. The van der Waals surface area contributed by atoms with Crippen LogP contribution in [-0.4, -0.2) is 54.4 Å². The molecule has 2 aromatic carbocycles. The number of aliphatic hydroxyl groups is 1. The third-order valence-electron chi connectivity index (χ3n) is 7.43. The molecule has 1 fully saturated rings. The maximum Gasteiger partial charge on any atom is 0.424 e. The van der Waals surface area contributed by atoms with Crippen LogP contribution in [0.2, 0.25) is 0 Å². The summed E-state index contributed by atoms with van der Waals surface area (Å²) in [5.41, 5.74) is -0.800. The predicted octanol–water partition coefficient (Wildman–Crippen LogP) is 3.49. The van der Waals surface area contributed by atoms with Gasteiger partial charge in [-0.2, -0.15) is 13.2 Å². The van der Waals surface area contributed by atoms with Crippen LogP contribution < -0.4 is 25.3 Å². The first kappa shape index (κ1) is 30.6. The molecule has 2 heterocycles. The van der Waals surface area contributed by atoms with E-state index < -0.39 is 47.1 Å². The molecule has 1 aliphatic heterocycles. The highest BCUT2D eigenvalue weighted by atomic mass is 19.4. The zero-order chi connectivity index (χ0) is 31.9. The van der Waals surface area contributed by atoms with E-state index >= 15 is 0 Å². The lowest BCUT2D eigenvalue weighted by Crippen LogP contribution is -2.52. The van der Waals surface area contributed by atoms with Gasteiger partial charge in [-0.3, -0.25) is 9.59 Å². The number of nitrogens with zero attached hydrogens (tertiary/aromatic N) is 1. The number of methoxy groups -OCH3 is 1. The summed E-state index contributed by atoms with van der Waals surface area (Å²) in [6, 6.07) is 10.0. The van der Waals surface area contributed by atoms with Gasteiger partial charge in [0.05, 0.1) is 25.5 Å². The van der Waals surface area contributed by atoms with Crippen molar-refractivity contribution in [3.05, 3.63) is 82.4 Å². The summed E-state index contributed by atoms with van der Waals surface area (Å²) in [6.45, 7) is -0.277. The Kier molecular flexibility index (Phi) is 7.90. The van der Waals surface area contributed by atoms with E-state index in [1.807, 2.05) is 0 Å². The van der Waals surface area contributed by atoms with Gasteiger partial charge in [0, 0.05) is 16.7 Å². The van der Waals surface area contributed by atoms with Gasteiger partial charge >= 0.3 is 6.18 Å². The van der Waals surface area contributed by atoms with Gasteiger partial charge in [-0.05, 0) is 74.2 Å². The molecule has 230 valence electrons. The molecule has 9 nitrogen and oxygen atoms in total. The van der Waals surface area contributed by atoms with Crippen LogP contribution in [0.4, 0.5) is 17.6 Å². The molecule has 1 aliphatic carbocycles. The number of alkyl halides is 3. The summed E-state index contributed by atoms with van der Waals surface area (Å²) >= 11 is 0. The number of fused-ring (bicyclic) bond motifs is 1. The number of amides is 2. The molecule has 3 aromatic rings. The molecule has 4 N–H and O–H groups in total. The number of carbonyl (C=O) groups excluding carboxylic acids is 2. The molecule has 1 saturated carbocycles. The van der Waals surface area contributed by atoms with Crippen LogP contribution in [0.25, 0.3) is 0 Å². The highest BCUT2D eigenvalue weighted by Gasteiger charge is 2.57. The van der Waals surface area contributed by atoms with E-state index in [-0.39, 0.29) is 41.0 Å². The number of rotatable bonds is 8. The minimum Gasteiger partial charge on any atom is -0.493 e. The number of benzene rings is 2. The minimum atomic E-state index is -5.36. The van der Waals surface area contributed by atoms with Crippen LogP contribution in [0, 0.1) is 17.7 Å². The molecule has 0 radical (unpaired) electrons. The van der Waals surface area contributed by atoms with Gasteiger partial charge in [-0.1, -0.05) is 5.92 Å². The number of primary amides is 1. The third-order valence-corrected chi connectivity index (χ3v) is 7.43. The normalized spacial score (nSPS) is 18.6. The quantitative estimate of drug-likeness (QED) is 0.262. The number of carbonyl (C=O) groups is 2. The zero-order valence-electron chi connectivity index (χ0n) is 23.5. The van der Waals surface area contributed by atoms with Crippen LogP contribution >= 0.6 is 0 Å². The number of nitrogens with one attached hydrogen (secondary N) is 1. The number of ether oxygens (including phenoxy) is 3. The molecule has 5 rings (SSSR count). The van der Waals surface area contributed by atoms with Gasteiger partial charge in [-0.15, -0.1) is 0 Å². The van der Waals surface area contributed by atoms with Gasteiger partial charge in [0.25, 0.3) is 5.91 Å². The monoisotopic (exact) mass is 613 g/mol. The van der Waals surface area contributed by atoms with E-state index in [9.17, 15) is 32.3 Å². The fourth-order valence-electron chi connectivity index (χ4n) is 4.47. The zero-order valence-corrected chi connectivity index (χ0v) is 23.5. The highest BCUT2D eigenvalue weighted by molar-refractivity contribution is 5.95. The first-order valence-corrected chi connectivity index (χ1v) is 13.4. The molecule has 44 heavy (non-hydrogen) atoms. The van der Waals surface area contributed by atoms with Gasteiger partial charge < -0.3 is 30.4 Å². The van der Waals surface area contributed by atoms with Crippen LogP contribution in [0.3, 0.4) is 0 Å². The largest absolute Gasteiger partial charge is 0.493 e. The van der Waals surface area contributed by atoms with Gasteiger partial charge in [-0.25, -0.2) is 9.37 Å². The fraction of sp³-hybridized carbons (Fsp3) is 0.323. The van der Waals surface area contributed by atoms with Crippen molar-refractivity contribution in [2.45, 2.75) is 43.1 Å². The average molecular weight is 614 g/mol. The standard InChI is InChI=1S/C31H27F4N3O6/c1-29(28(36)40)16-43-26-21(29)14-25(38-22(26)11-5-17-3-7-19(32)8-4-17)30(41,31(33,34)35)15-37-27(39)18-6-12-23(24(13-18)42-2)44-20-9-10-20/h3-4,6-8,12-14,20,41H,9-10,15-16H2,1-2H3,(H2,36,40)(H,37,39)/t29-,30-/m0/s1. The first-order valence-electron chi connectivity index (χ1n) is 13.4. The summed E-state index contributed by atoms with van der Waals surface area (Å²) in [5, 5.41) is 13.3. The van der Waals surface area contributed by atoms with Crippen molar-refractivity contribution in [2.24, 2.45) is 5.73 Å². The molecule has 2 amide bonds. The smallest absolute Gasteiger partial charge is 0.424 e. The number of aromatic nitrogens is 1. The Morgan fingerprint density at radius 2 is 1.84 bits per heavy atom. The van der Waals surface area contributed by atoms with Crippen molar-refractivity contribution in [1.82, 2.24) is 10.3 Å². The SMILES string of the molecule is COc1cc(C(=O)NC[C@](O)(c2cc3c(c(C#Cc4ccc(F)cc4)n2)OC[C@]3(C)C(N)=O)C(F)(F)F)ccc1OC1CC1. The van der Waals surface area contributed by atoms with Gasteiger partial charge in [0.1, 0.15) is 17.8 Å². The summed E-state index contributed by atoms with van der Waals surface area (Å²) in [4.78, 5) is 29.3. The van der Waals surface area contributed by atoms with Crippen molar-refractivity contribution in [2.75, 3.05) is 20.3 Å². The molecular weight excluding hydrogens is 586 g/mol. The Bertz CT molecular complexity index is 1680. The molecule has 1 aromatic heterocycles. The second-order valence-corrected chi connectivity index (χ2v) is 10.7. The fourth-order valence-corrected chi connectivity index (χ4v) is 4.47. The number of pyridine rings is 1. The Hall–Kier alpha value is -4.83. The number of halogens is 4. The first-order chi connectivity index (χ1) is 20.7. The van der Waals surface area contributed by atoms with Crippen LogP contribution in [-0.2, 0) is 15.8 Å². The summed E-state index contributed by atoms with van der Waals surface area (Å²) in [5.74, 6) is 3.43. The molecular formula is C31H27F4N3O6. The Morgan fingerprint density at radius 1 is 1.14 bits per heavy atom. The molecule has 0 unspecified atom stereocenters. The Labute approximate surface area is 249 Å². The second kappa shape index (κ2) is 11.3. The lowest BCUT2D eigenvalue weighted by Gasteiger charge is -2.31. The minimum absolute atomic E-state index is 0.0391. The summed E-state index contributed by atoms with van der Waals surface area (Å²) < 4.78 is 73.7. The lowest BCUT2D eigenvalue weighted by molar-refractivity contribution is -0.265. The molecule has 0 bridgehead atoms. The van der Waals surface area contributed by atoms with Crippen molar-refractivity contribution in [1.29, 1.82) is 0 Å². The van der Waals surface area contributed by atoms with Gasteiger partial charge in [0.2, 0.25) is 11.5 Å². The van der Waals surface area contributed by atoms with Crippen molar-refractivity contribution < 1.29 is 46.5 Å². The predicted molar refractivity (Wildman–Crippen MR) is 148 cm³/mol. The van der Waals surface area contributed by atoms with Crippen LogP contribution in [0.1, 0.15) is 52.6 Å². The molecule has 13 heteroatoms. The van der Waals surface area contributed by atoms with E-state index in [0.717, 1.165) is 31.0 Å². The number of hydrogen-bond donors (Lipinski definition) is 3. The average Bonchev–Trinajstić information content (AvgIpc) is 3.74. The molecule has 0 saturated heterocycles. The van der Waals surface area contributed by atoms with E-state index in [1.165, 1.54) is 44.4 Å². The van der Waals surface area contributed by atoms with Crippen LogP contribution in [0.15, 0.2) is 48.5 Å². The maximum absolute atomic E-state index is 14.6. The third kappa shape index (κ3) is 5.85. The van der Waals surface area contributed by atoms with Crippen molar-refractivity contribution in [3.8, 4) is 29.1 Å². The van der Waals surface area contributed by atoms with E-state index in [2.05, 4.69) is 22.1 Å². The number of hydrogen-bond acceptors (Lipinski definition) is 7. The summed E-state index contributed by atoms with van der Waals surface area (Å²) in [6.07, 6.45) is -3.56. The topological polar surface area (TPSA) is 133 Å². The highest BCUT2D eigenvalue weighted by Crippen LogP contribution is 2.45. The summed E-state index contributed by atoms with van der Waals surface area (Å²) in [7, 11) is 1.36. The molecule has 2 aliphatic rings. The lowest BCUT2D eigenvalue weighted by atomic mass is 9.82. The van der Waals surface area contributed by atoms with Crippen molar-refractivity contribution in [3.63, 3.8) is 0 Å². The van der Waals surface area contributed by atoms with Gasteiger partial charge in [0.15, 0.2) is 22.9 Å². The van der Waals surface area contributed by atoms with Crippen LogP contribution in [0.5, 0.6) is 17.2 Å². The number of nitrogens with two attached hydrogens (primary N) is 1. The Morgan fingerprint density at radius 3 is 2.45 bits per heavy atom. The Balaban J connectivity index is 1.51. The molecule has 0 spiro atoms. The van der Waals surface area contributed by atoms with E-state index in [4.69, 9.17) is 19.9 Å². The van der Waals surface area contributed by atoms with E-state index in [1.54, 1.807) is 0 Å².